The predicted octanol–water partition coefficient (Wildman–Crippen LogP) is 5.00. The van der Waals surface area contributed by atoms with Gasteiger partial charge in [-0.15, -0.1) is 0 Å². The molecule has 2 aromatic carbocycles. The average Bonchev–Trinajstić information content (AvgIpc) is 3.30. The number of nitrogen functional groups attached to an aromatic ring is 1. The monoisotopic (exact) mass is 516 g/mol. The number of nitrogens with one attached hydrogen (secondary N) is 2. The largest absolute Gasteiger partial charge is 0.497 e. The summed E-state index contributed by atoms with van der Waals surface area (Å²) in [6.07, 6.45) is 1.13. The molecule has 4 rings (SSSR count). The minimum absolute atomic E-state index is 0.0514. The molecule has 194 valence electrons. The van der Waals surface area contributed by atoms with E-state index in [0.29, 0.717) is 17.3 Å². The molecule has 0 saturated carbocycles. The van der Waals surface area contributed by atoms with Gasteiger partial charge in [-0.1, -0.05) is 20.8 Å². The molecule has 2 amide bonds. The van der Waals surface area contributed by atoms with Gasteiger partial charge in [0.1, 0.15) is 41.3 Å². The Kier molecular flexibility index (Phi) is 7.11. The summed E-state index contributed by atoms with van der Waals surface area (Å²) in [6.45, 7) is 6.02. The molecule has 4 N–H and O–H groups in total. The van der Waals surface area contributed by atoms with E-state index in [2.05, 4.69) is 25.7 Å². The van der Waals surface area contributed by atoms with Crippen LogP contribution in [-0.4, -0.2) is 32.9 Å². The second kappa shape index (κ2) is 10.4. The number of benzene rings is 2. The van der Waals surface area contributed by atoms with Gasteiger partial charge in [-0.25, -0.2) is 23.8 Å². The Hall–Kier alpha value is -5.18. The SMILES string of the molecule is COc1ccc(-n2nc(C(C)(C)C)cc2NC(=O)Nc2ccc(Oc3ncnc(N)c3C#N)cc2F)cc1. The first-order valence-corrected chi connectivity index (χ1v) is 11.4. The molecule has 12 heteroatoms. The summed E-state index contributed by atoms with van der Waals surface area (Å²) in [4.78, 5) is 20.4. The maximum atomic E-state index is 14.8. The summed E-state index contributed by atoms with van der Waals surface area (Å²) in [5, 5.41) is 19.1. The van der Waals surface area contributed by atoms with Crippen LogP contribution in [0.25, 0.3) is 5.69 Å². The molecule has 0 saturated heterocycles. The third-order valence-electron chi connectivity index (χ3n) is 5.39. The van der Waals surface area contributed by atoms with Crippen LogP contribution in [0.1, 0.15) is 32.0 Å². The van der Waals surface area contributed by atoms with Crippen LogP contribution < -0.4 is 25.8 Å². The number of carbonyl (C=O) groups is 1. The number of amides is 2. The number of halogens is 1. The van der Waals surface area contributed by atoms with E-state index in [9.17, 15) is 14.4 Å². The van der Waals surface area contributed by atoms with Crippen LogP contribution in [0.5, 0.6) is 17.4 Å². The van der Waals surface area contributed by atoms with Gasteiger partial charge in [-0.3, -0.25) is 5.32 Å². The van der Waals surface area contributed by atoms with Gasteiger partial charge in [0.15, 0.2) is 5.56 Å². The Bertz CT molecular complexity index is 1520. The predicted molar refractivity (Wildman–Crippen MR) is 139 cm³/mol. The van der Waals surface area contributed by atoms with E-state index >= 15 is 0 Å². The second-order valence-corrected chi connectivity index (χ2v) is 9.15. The number of nitrogens with zero attached hydrogens (tertiary/aromatic N) is 5. The fraction of sp³-hybridized carbons (Fsp3) is 0.192. The smallest absolute Gasteiger partial charge is 0.324 e. The maximum Gasteiger partial charge on any atom is 0.324 e. The van der Waals surface area contributed by atoms with Crippen molar-refractivity contribution in [1.29, 1.82) is 5.26 Å². The number of nitriles is 1. The number of carbonyl (C=O) groups excluding carboxylic acids is 1. The van der Waals surface area contributed by atoms with Crippen LogP contribution in [0.4, 0.5) is 26.5 Å². The van der Waals surface area contributed by atoms with Crippen LogP contribution in [-0.2, 0) is 5.41 Å². The summed E-state index contributed by atoms with van der Waals surface area (Å²) in [6, 6.07) is 13.9. The minimum Gasteiger partial charge on any atom is -0.497 e. The first-order valence-electron chi connectivity index (χ1n) is 11.4. The van der Waals surface area contributed by atoms with Gasteiger partial charge in [0, 0.05) is 17.5 Å². The van der Waals surface area contributed by atoms with Crippen LogP contribution in [0, 0.1) is 17.1 Å². The molecule has 2 aromatic heterocycles. The highest BCUT2D eigenvalue weighted by Crippen LogP contribution is 2.29. The first-order chi connectivity index (χ1) is 18.1. The molecule has 11 nitrogen and oxygen atoms in total. The number of aromatic nitrogens is 4. The molecule has 0 bridgehead atoms. The quantitative estimate of drug-likeness (QED) is 0.324. The van der Waals surface area contributed by atoms with E-state index in [1.807, 2.05) is 39.0 Å². The van der Waals surface area contributed by atoms with Crippen molar-refractivity contribution in [2.75, 3.05) is 23.5 Å². The van der Waals surface area contributed by atoms with Gasteiger partial charge in [-0.2, -0.15) is 10.4 Å². The lowest BCUT2D eigenvalue weighted by atomic mass is 9.92. The highest BCUT2D eigenvalue weighted by molar-refractivity contribution is 5.99. The van der Waals surface area contributed by atoms with E-state index in [4.69, 9.17) is 15.2 Å². The van der Waals surface area contributed by atoms with Gasteiger partial charge in [-0.05, 0) is 36.4 Å². The zero-order valence-corrected chi connectivity index (χ0v) is 21.1. The fourth-order valence-corrected chi connectivity index (χ4v) is 3.36. The van der Waals surface area contributed by atoms with Crippen molar-refractivity contribution in [2.45, 2.75) is 26.2 Å². The number of hydrogen-bond acceptors (Lipinski definition) is 8. The molecule has 0 unspecified atom stereocenters. The fourth-order valence-electron chi connectivity index (χ4n) is 3.36. The van der Waals surface area contributed by atoms with E-state index in [0.717, 1.165) is 18.1 Å². The Morgan fingerprint density at radius 3 is 2.42 bits per heavy atom. The van der Waals surface area contributed by atoms with Gasteiger partial charge in [0.2, 0.25) is 5.88 Å². The van der Waals surface area contributed by atoms with E-state index in [1.54, 1.807) is 30.0 Å². The van der Waals surface area contributed by atoms with Crippen LogP contribution in [0.2, 0.25) is 0 Å². The number of anilines is 3. The van der Waals surface area contributed by atoms with Gasteiger partial charge < -0.3 is 20.5 Å². The standard InChI is InChI=1S/C26H25FN8O3/c1-26(2,3)21-12-22(35(34-21)15-5-7-16(37-4)8-6-15)33-25(36)32-20-10-9-17(11-19(20)27)38-24-18(13-28)23(29)30-14-31-24/h5-12,14H,1-4H3,(H2,29,30,31)(H2,32,33,36). The summed E-state index contributed by atoms with van der Waals surface area (Å²) in [5.74, 6) is 0.186. The first kappa shape index (κ1) is 25.9. The third-order valence-corrected chi connectivity index (χ3v) is 5.39. The molecular weight excluding hydrogens is 491 g/mol. The van der Waals surface area contributed by atoms with Crippen LogP contribution in [0.3, 0.4) is 0 Å². The van der Waals surface area contributed by atoms with Crippen molar-refractivity contribution in [2.24, 2.45) is 0 Å². The van der Waals surface area contributed by atoms with E-state index in [1.165, 1.54) is 12.1 Å². The Balaban J connectivity index is 1.53. The van der Waals surface area contributed by atoms with Gasteiger partial charge in [0.05, 0.1) is 24.2 Å². The Morgan fingerprint density at radius 1 is 1.08 bits per heavy atom. The molecular formula is C26H25FN8O3. The zero-order chi connectivity index (χ0) is 27.4. The zero-order valence-electron chi connectivity index (χ0n) is 21.1. The van der Waals surface area contributed by atoms with Crippen LogP contribution in [0.15, 0.2) is 54.9 Å². The summed E-state index contributed by atoms with van der Waals surface area (Å²) in [7, 11) is 1.57. The third kappa shape index (κ3) is 5.62. The van der Waals surface area contributed by atoms with Crippen molar-refractivity contribution in [3.63, 3.8) is 0 Å². The van der Waals surface area contributed by atoms with Crippen molar-refractivity contribution >= 4 is 23.4 Å². The Morgan fingerprint density at radius 2 is 1.79 bits per heavy atom. The summed E-state index contributed by atoms with van der Waals surface area (Å²) in [5.41, 5.74) is 6.65. The van der Waals surface area contributed by atoms with Crippen molar-refractivity contribution in [3.8, 4) is 29.1 Å². The van der Waals surface area contributed by atoms with E-state index in [-0.39, 0.29) is 34.1 Å². The lowest BCUT2D eigenvalue weighted by Crippen LogP contribution is -2.22. The number of urea groups is 1. The van der Waals surface area contributed by atoms with Crippen molar-refractivity contribution < 1.29 is 18.7 Å². The molecule has 0 aliphatic heterocycles. The van der Waals surface area contributed by atoms with Crippen LogP contribution >= 0.6 is 0 Å². The number of hydrogen-bond donors (Lipinski definition) is 3. The lowest BCUT2D eigenvalue weighted by Gasteiger charge is -2.14. The molecule has 0 atom stereocenters. The Labute approximate surface area is 218 Å². The number of ether oxygens (including phenoxy) is 2. The second-order valence-electron chi connectivity index (χ2n) is 9.15. The van der Waals surface area contributed by atoms with Crippen molar-refractivity contribution in [1.82, 2.24) is 19.7 Å². The number of nitrogens with two attached hydrogens (primary N) is 1. The molecule has 0 spiro atoms. The molecule has 0 fully saturated rings. The van der Waals surface area contributed by atoms with Crippen molar-refractivity contribution in [3.05, 3.63) is 71.9 Å². The average molecular weight is 517 g/mol. The summed E-state index contributed by atoms with van der Waals surface area (Å²) >= 11 is 0. The molecule has 0 radical (unpaired) electrons. The van der Waals surface area contributed by atoms with E-state index < -0.39 is 11.8 Å². The van der Waals surface area contributed by atoms with Gasteiger partial charge >= 0.3 is 6.03 Å². The highest BCUT2D eigenvalue weighted by Gasteiger charge is 2.22. The number of methoxy groups -OCH3 is 1. The highest BCUT2D eigenvalue weighted by atomic mass is 19.1. The topological polar surface area (TPSA) is 153 Å². The molecule has 4 aromatic rings. The van der Waals surface area contributed by atoms with Gasteiger partial charge in [0.25, 0.3) is 0 Å². The summed E-state index contributed by atoms with van der Waals surface area (Å²) < 4.78 is 27.1. The molecule has 0 aliphatic rings. The normalized spacial score (nSPS) is 10.9. The molecule has 38 heavy (non-hydrogen) atoms. The number of rotatable bonds is 6. The minimum atomic E-state index is -0.766. The maximum absolute atomic E-state index is 14.8. The molecule has 2 heterocycles. The molecule has 0 aliphatic carbocycles. The lowest BCUT2D eigenvalue weighted by molar-refractivity contribution is 0.262.